The Hall–Kier alpha value is -3.13. The minimum absolute atomic E-state index is 0.0170. The second kappa shape index (κ2) is 9.18. The van der Waals surface area contributed by atoms with Gasteiger partial charge in [-0.1, -0.05) is 6.07 Å². The third kappa shape index (κ3) is 5.43. The van der Waals surface area contributed by atoms with Crippen LogP contribution < -0.4 is 14.8 Å². The van der Waals surface area contributed by atoms with Gasteiger partial charge in [0.1, 0.15) is 23.9 Å². The van der Waals surface area contributed by atoms with Crippen LogP contribution in [-0.2, 0) is 9.53 Å². The Bertz CT molecular complexity index is 850. The summed E-state index contributed by atoms with van der Waals surface area (Å²) in [5.74, 6) is -1.57. The van der Waals surface area contributed by atoms with Crippen LogP contribution in [0.1, 0.15) is 23.2 Å². The van der Waals surface area contributed by atoms with E-state index in [9.17, 15) is 14.0 Å². The predicted octanol–water partition coefficient (Wildman–Crippen LogP) is 3.10. The molecule has 0 aromatic heterocycles. The lowest BCUT2D eigenvalue weighted by molar-refractivity contribution is -0.139. The van der Waals surface area contributed by atoms with Gasteiger partial charge in [0.2, 0.25) is 0 Å². The zero-order valence-electron chi connectivity index (χ0n) is 15.0. The fourth-order valence-electron chi connectivity index (χ4n) is 2.75. The first kappa shape index (κ1) is 19.6. The molecule has 8 heteroatoms. The number of carboxylic acid groups (broad SMARTS) is 1. The Balaban J connectivity index is 1.69. The maximum Gasteiger partial charge on any atom is 0.341 e. The molecule has 7 nitrogen and oxygen atoms in total. The monoisotopic (exact) mass is 389 g/mol. The molecule has 1 heterocycles. The number of hydrogen-bond donors (Lipinski definition) is 2. The van der Waals surface area contributed by atoms with Gasteiger partial charge in [0, 0.05) is 18.2 Å². The molecule has 0 aliphatic carbocycles. The number of rotatable bonds is 8. The highest BCUT2D eigenvalue weighted by atomic mass is 19.1. The van der Waals surface area contributed by atoms with Crippen LogP contribution in [0.2, 0.25) is 0 Å². The summed E-state index contributed by atoms with van der Waals surface area (Å²) >= 11 is 0. The predicted molar refractivity (Wildman–Crippen MR) is 98.4 cm³/mol. The quantitative estimate of drug-likeness (QED) is 0.721. The number of anilines is 1. The van der Waals surface area contributed by atoms with Crippen molar-refractivity contribution in [3.8, 4) is 11.5 Å². The maximum absolute atomic E-state index is 13.7. The molecular weight excluding hydrogens is 369 g/mol. The summed E-state index contributed by atoms with van der Waals surface area (Å²) in [7, 11) is 0. The van der Waals surface area contributed by atoms with Gasteiger partial charge in [-0.2, -0.15) is 0 Å². The molecule has 0 radical (unpaired) electrons. The minimum Gasteiger partial charge on any atom is -0.489 e. The van der Waals surface area contributed by atoms with Gasteiger partial charge in [-0.05, 0) is 43.2 Å². The Morgan fingerprint density at radius 3 is 2.82 bits per heavy atom. The van der Waals surface area contributed by atoms with Crippen molar-refractivity contribution >= 4 is 17.6 Å². The van der Waals surface area contributed by atoms with Gasteiger partial charge in [-0.25, -0.2) is 9.18 Å². The van der Waals surface area contributed by atoms with Crippen molar-refractivity contribution in [2.45, 2.75) is 18.9 Å². The maximum atomic E-state index is 13.7. The molecule has 2 N–H and O–H groups in total. The van der Waals surface area contributed by atoms with Crippen molar-refractivity contribution < 1.29 is 33.3 Å². The molecule has 0 saturated carbocycles. The first-order valence-corrected chi connectivity index (χ1v) is 8.81. The van der Waals surface area contributed by atoms with Crippen LogP contribution in [0.5, 0.6) is 11.5 Å². The van der Waals surface area contributed by atoms with Crippen LogP contribution in [0, 0.1) is 5.82 Å². The summed E-state index contributed by atoms with van der Waals surface area (Å²) in [6.07, 6.45) is 1.85. The summed E-state index contributed by atoms with van der Waals surface area (Å²) in [6.45, 7) is 0.491. The zero-order valence-corrected chi connectivity index (χ0v) is 15.0. The number of carboxylic acids is 1. The average Bonchev–Trinajstić information content (AvgIpc) is 3.19. The molecular formula is C20H20FNO6. The second-order valence-corrected chi connectivity index (χ2v) is 6.25. The molecule has 1 saturated heterocycles. The average molecular weight is 389 g/mol. The number of carbonyl (C=O) groups excluding carboxylic acids is 1. The van der Waals surface area contributed by atoms with Crippen molar-refractivity contribution in [2.75, 3.05) is 25.1 Å². The van der Waals surface area contributed by atoms with E-state index in [2.05, 4.69) is 5.32 Å². The van der Waals surface area contributed by atoms with Crippen molar-refractivity contribution in [3.63, 3.8) is 0 Å². The number of amides is 1. The first-order valence-electron chi connectivity index (χ1n) is 8.81. The van der Waals surface area contributed by atoms with E-state index in [0.29, 0.717) is 19.0 Å². The third-order valence-corrected chi connectivity index (χ3v) is 4.10. The summed E-state index contributed by atoms with van der Waals surface area (Å²) in [4.78, 5) is 23.1. The molecule has 1 aliphatic rings. The Morgan fingerprint density at radius 2 is 2.07 bits per heavy atom. The molecule has 3 rings (SSSR count). The van der Waals surface area contributed by atoms with Crippen LogP contribution in [0.3, 0.4) is 0 Å². The molecule has 1 aliphatic heterocycles. The zero-order chi connectivity index (χ0) is 19.9. The van der Waals surface area contributed by atoms with Crippen molar-refractivity contribution in [2.24, 2.45) is 0 Å². The largest absolute Gasteiger partial charge is 0.489 e. The number of halogens is 1. The SMILES string of the molecule is O=C(O)COc1cccc(C(=O)Nc2cc(F)ccc2OCC2CCCO2)c1. The minimum atomic E-state index is -1.12. The molecule has 1 unspecified atom stereocenters. The first-order chi connectivity index (χ1) is 13.5. The summed E-state index contributed by atoms with van der Waals surface area (Å²) in [5.41, 5.74) is 0.428. The summed E-state index contributed by atoms with van der Waals surface area (Å²) < 4.78 is 29.9. The van der Waals surface area contributed by atoms with E-state index in [-0.39, 0.29) is 23.1 Å². The fraction of sp³-hybridized carbons (Fsp3) is 0.300. The van der Waals surface area contributed by atoms with Gasteiger partial charge in [0.15, 0.2) is 6.61 Å². The summed E-state index contributed by atoms with van der Waals surface area (Å²) in [6, 6.07) is 9.92. The topological polar surface area (TPSA) is 94.1 Å². The van der Waals surface area contributed by atoms with E-state index < -0.39 is 24.3 Å². The highest BCUT2D eigenvalue weighted by molar-refractivity contribution is 6.05. The third-order valence-electron chi connectivity index (χ3n) is 4.10. The molecule has 1 fully saturated rings. The smallest absolute Gasteiger partial charge is 0.341 e. The van der Waals surface area contributed by atoms with Gasteiger partial charge in [0.05, 0.1) is 11.8 Å². The van der Waals surface area contributed by atoms with E-state index >= 15 is 0 Å². The lowest BCUT2D eigenvalue weighted by Crippen LogP contribution is -2.18. The van der Waals surface area contributed by atoms with Crippen molar-refractivity contribution in [1.29, 1.82) is 0 Å². The highest BCUT2D eigenvalue weighted by Gasteiger charge is 2.18. The molecule has 148 valence electrons. The van der Waals surface area contributed by atoms with Crippen LogP contribution in [-0.4, -0.2) is 42.9 Å². The number of hydrogen-bond acceptors (Lipinski definition) is 5. The van der Waals surface area contributed by atoms with Gasteiger partial charge >= 0.3 is 5.97 Å². The Morgan fingerprint density at radius 1 is 1.21 bits per heavy atom. The molecule has 0 bridgehead atoms. The Labute approximate surface area is 161 Å². The molecule has 0 spiro atoms. The van der Waals surface area contributed by atoms with Crippen molar-refractivity contribution in [1.82, 2.24) is 0 Å². The second-order valence-electron chi connectivity index (χ2n) is 6.25. The lowest BCUT2D eigenvalue weighted by atomic mass is 10.2. The summed E-state index contributed by atoms with van der Waals surface area (Å²) in [5, 5.41) is 11.3. The van der Waals surface area contributed by atoms with Crippen LogP contribution in [0.25, 0.3) is 0 Å². The van der Waals surface area contributed by atoms with E-state index in [1.165, 1.54) is 36.4 Å². The van der Waals surface area contributed by atoms with Gasteiger partial charge in [-0.15, -0.1) is 0 Å². The van der Waals surface area contributed by atoms with Crippen LogP contribution in [0.4, 0.5) is 10.1 Å². The van der Waals surface area contributed by atoms with Crippen LogP contribution >= 0.6 is 0 Å². The number of benzene rings is 2. The van der Waals surface area contributed by atoms with Crippen molar-refractivity contribution in [3.05, 3.63) is 53.8 Å². The van der Waals surface area contributed by atoms with Gasteiger partial charge in [0.25, 0.3) is 5.91 Å². The lowest BCUT2D eigenvalue weighted by Gasteiger charge is -2.15. The molecule has 2 aromatic rings. The number of ether oxygens (including phenoxy) is 3. The fourth-order valence-corrected chi connectivity index (χ4v) is 2.75. The molecule has 2 aromatic carbocycles. The number of carbonyl (C=O) groups is 2. The number of aliphatic carboxylic acids is 1. The Kier molecular flexibility index (Phi) is 6.44. The standard InChI is InChI=1S/C20H20FNO6/c21-14-6-7-18(28-11-16-5-2-8-26-16)17(10-14)22-20(25)13-3-1-4-15(9-13)27-12-19(23)24/h1,3-4,6-7,9-10,16H,2,5,8,11-12H2,(H,22,25)(H,23,24). The normalized spacial score (nSPS) is 15.8. The van der Waals surface area contributed by atoms with E-state index in [1.54, 1.807) is 6.07 Å². The number of nitrogens with one attached hydrogen (secondary N) is 1. The van der Waals surface area contributed by atoms with Gasteiger partial charge < -0.3 is 24.6 Å². The molecule has 1 atom stereocenters. The van der Waals surface area contributed by atoms with E-state index in [1.807, 2.05) is 0 Å². The van der Waals surface area contributed by atoms with Gasteiger partial charge in [-0.3, -0.25) is 4.79 Å². The van der Waals surface area contributed by atoms with E-state index in [4.69, 9.17) is 19.3 Å². The highest BCUT2D eigenvalue weighted by Crippen LogP contribution is 2.27. The van der Waals surface area contributed by atoms with Crippen LogP contribution in [0.15, 0.2) is 42.5 Å². The molecule has 1 amide bonds. The van der Waals surface area contributed by atoms with E-state index in [0.717, 1.165) is 12.8 Å². The molecule has 28 heavy (non-hydrogen) atoms.